The quantitative estimate of drug-likeness (QED) is 0.0267. The van der Waals surface area contributed by atoms with E-state index in [0.29, 0.717) is 6.42 Å². The standard InChI is InChI=1S/C45H88NO8P/c1-3-5-7-9-11-13-15-17-19-21-23-25-27-29-31-33-35-37-44(47)51-41-43(42-53-55(49,50)52-40-39-46)54-45(48)38-36-34-32-30-28-26-24-22-20-18-16-14-12-10-8-6-4-2/h14,16,43H,3-13,15,17-42,46H2,1-2H3,(H,49,50)/b16-14+/t43-/m1/s1. The first-order valence-corrected chi connectivity index (χ1v) is 24.7. The van der Waals surface area contributed by atoms with E-state index in [0.717, 1.165) is 38.5 Å². The molecule has 0 fully saturated rings. The molecule has 0 amide bonds. The summed E-state index contributed by atoms with van der Waals surface area (Å²) in [6, 6.07) is 0. The number of allylic oxidation sites excluding steroid dienone is 2. The fourth-order valence-electron chi connectivity index (χ4n) is 6.69. The Bertz CT molecular complexity index is 917. The van der Waals surface area contributed by atoms with E-state index < -0.39 is 26.5 Å². The van der Waals surface area contributed by atoms with Gasteiger partial charge in [-0.15, -0.1) is 0 Å². The SMILES string of the molecule is CCCCCC/C=C/CCCCCCCCCCCC(=O)O[C@H](COC(=O)CCCCCCCCCCCCCCCCCCC)COP(=O)(O)OCCN. The molecule has 0 saturated heterocycles. The van der Waals surface area contributed by atoms with Gasteiger partial charge < -0.3 is 20.1 Å². The van der Waals surface area contributed by atoms with Crippen molar-refractivity contribution in [3.63, 3.8) is 0 Å². The van der Waals surface area contributed by atoms with Gasteiger partial charge in [-0.25, -0.2) is 4.57 Å². The lowest BCUT2D eigenvalue weighted by molar-refractivity contribution is -0.161. The number of esters is 2. The predicted molar refractivity (Wildman–Crippen MR) is 229 cm³/mol. The molecule has 0 aliphatic rings. The van der Waals surface area contributed by atoms with Crippen molar-refractivity contribution in [3.05, 3.63) is 12.2 Å². The molecule has 326 valence electrons. The van der Waals surface area contributed by atoms with Crippen LogP contribution in [0.15, 0.2) is 12.2 Å². The Labute approximate surface area is 339 Å². The van der Waals surface area contributed by atoms with Gasteiger partial charge in [0.15, 0.2) is 6.10 Å². The maximum atomic E-state index is 12.6. The first-order valence-electron chi connectivity index (χ1n) is 23.2. The van der Waals surface area contributed by atoms with Crippen LogP contribution in [0.25, 0.3) is 0 Å². The van der Waals surface area contributed by atoms with Gasteiger partial charge in [0.1, 0.15) is 6.61 Å². The van der Waals surface area contributed by atoms with Crippen molar-refractivity contribution < 1.29 is 37.6 Å². The highest BCUT2D eigenvalue weighted by Crippen LogP contribution is 2.43. The second kappa shape index (κ2) is 42.4. The zero-order chi connectivity index (χ0) is 40.3. The molecule has 10 heteroatoms. The van der Waals surface area contributed by atoms with E-state index in [2.05, 4.69) is 26.0 Å². The molecule has 0 aromatic carbocycles. The van der Waals surface area contributed by atoms with E-state index in [1.807, 2.05) is 0 Å². The van der Waals surface area contributed by atoms with Crippen LogP contribution in [0.1, 0.15) is 232 Å². The van der Waals surface area contributed by atoms with Gasteiger partial charge in [-0.05, 0) is 38.5 Å². The normalized spacial score (nSPS) is 13.3. The van der Waals surface area contributed by atoms with Gasteiger partial charge in [-0.1, -0.05) is 193 Å². The highest BCUT2D eigenvalue weighted by atomic mass is 31.2. The van der Waals surface area contributed by atoms with Crippen LogP contribution in [0, 0.1) is 0 Å². The number of unbranched alkanes of at least 4 members (excludes halogenated alkanes) is 29. The van der Waals surface area contributed by atoms with Crippen molar-refractivity contribution in [3.8, 4) is 0 Å². The van der Waals surface area contributed by atoms with Crippen LogP contribution < -0.4 is 5.73 Å². The fourth-order valence-corrected chi connectivity index (χ4v) is 7.45. The monoisotopic (exact) mass is 802 g/mol. The van der Waals surface area contributed by atoms with Crippen LogP contribution in [-0.2, 0) is 32.7 Å². The van der Waals surface area contributed by atoms with Crippen LogP contribution in [-0.4, -0.2) is 49.3 Å². The lowest BCUT2D eigenvalue weighted by atomic mass is 10.0. The Morgan fingerprint density at radius 2 is 0.891 bits per heavy atom. The second-order valence-corrected chi connectivity index (χ2v) is 17.1. The predicted octanol–water partition coefficient (Wildman–Crippen LogP) is 13.4. The molecule has 0 saturated carbocycles. The number of phosphoric ester groups is 1. The molecule has 3 N–H and O–H groups in total. The van der Waals surface area contributed by atoms with Gasteiger partial charge in [0.2, 0.25) is 0 Å². The fraction of sp³-hybridized carbons (Fsp3) is 0.911. The zero-order valence-electron chi connectivity index (χ0n) is 35.9. The number of hydrogen-bond donors (Lipinski definition) is 2. The maximum absolute atomic E-state index is 12.6. The lowest BCUT2D eigenvalue weighted by Crippen LogP contribution is -2.29. The molecular formula is C45H88NO8P. The number of carbonyl (C=O) groups excluding carboxylic acids is 2. The van der Waals surface area contributed by atoms with E-state index >= 15 is 0 Å². The molecule has 2 atom stereocenters. The van der Waals surface area contributed by atoms with Crippen molar-refractivity contribution in [2.75, 3.05) is 26.4 Å². The highest BCUT2D eigenvalue weighted by molar-refractivity contribution is 7.47. The highest BCUT2D eigenvalue weighted by Gasteiger charge is 2.26. The number of hydrogen-bond acceptors (Lipinski definition) is 8. The van der Waals surface area contributed by atoms with Gasteiger partial charge >= 0.3 is 19.8 Å². The molecule has 1 unspecified atom stereocenters. The minimum Gasteiger partial charge on any atom is -0.462 e. The minimum atomic E-state index is -4.37. The molecule has 0 radical (unpaired) electrons. The van der Waals surface area contributed by atoms with Gasteiger partial charge in [0.05, 0.1) is 13.2 Å². The summed E-state index contributed by atoms with van der Waals surface area (Å²) in [5.74, 6) is -0.818. The largest absolute Gasteiger partial charge is 0.472 e. The third kappa shape index (κ3) is 42.2. The Kier molecular flexibility index (Phi) is 41.4. The summed E-state index contributed by atoms with van der Waals surface area (Å²) in [7, 11) is -4.37. The van der Waals surface area contributed by atoms with Crippen LogP contribution in [0.2, 0.25) is 0 Å². The Hall–Kier alpha value is -1.25. The summed E-state index contributed by atoms with van der Waals surface area (Å²) in [4.78, 5) is 34.9. The minimum absolute atomic E-state index is 0.0561. The van der Waals surface area contributed by atoms with Gasteiger partial charge in [-0.2, -0.15) is 0 Å². The molecule has 9 nitrogen and oxygen atoms in total. The van der Waals surface area contributed by atoms with E-state index in [1.54, 1.807) is 0 Å². The van der Waals surface area contributed by atoms with E-state index in [4.69, 9.17) is 24.3 Å². The summed E-state index contributed by atoms with van der Waals surface area (Å²) in [5, 5.41) is 0. The van der Waals surface area contributed by atoms with Crippen molar-refractivity contribution in [2.45, 2.75) is 238 Å². The Morgan fingerprint density at radius 3 is 1.31 bits per heavy atom. The lowest BCUT2D eigenvalue weighted by Gasteiger charge is -2.19. The smallest absolute Gasteiger partial charge is 0.462 e. The molecule has 0 heterocycles. The Morgan fingerprint density at radius 1 is 0.527 bits per heavy atom. The summed E-state index contributed by atoms with van der Waals surface area (Å²) >= 11 is 0. The van der Waals surface area contributed by atoms with Crippen molar-refractivity contribution in [1.82, 2.24) is 0 Å². The van der Waals surface area contributed by atoms with Crippen LogP contribution in [0.5, 0.6) is 0 Å². The van der Waals surface area contributed by atoms with E-state index in [1.165, 1.54) is 161 Å². The molecule has 0 rings (SSSR count). The third-order valence-corrected chi connectivity index (χ3v) is 11.1. The Balaban J connectivity index is 4.08. The van der Waals surface area contributed by atoms with Crippen molar-refractivity contribution >= 4 is 19.8 Å². The molecule has 0 spiro atoms. The van der Waals surface area contributed by atoms with Crippen molar-refractivity contribution in [1.29, 1.82) is 0 Å². The number of phosphoric acid groups is 1. The van der Waals surface area contributed by atoms with Crippen molar-refractivity contribution in [2.24, 2.45) is 5.73 Å². The average Bonchev–Trinajstić information content (AvgIpc) is 3.17. The number of rotatable bonds is 44. The van der Waals surface area contributed by atoms with Gasteiger partial charge in [-0.3, -0.25) is 18.6 Å². The third-order valence-electron chi connectivity index (χ3n) is 10.2. The van der Waals surface area contributed by atoms with Crippen LogP contribution >= 0.6 is 7.82 Å². The first kappa shape index (κ1) is 53.8. The molecule has 0 aliphatic carbocycles. The summed E-state index contributed by atoms with van der Waals surface area (Å²) in [5.41, 5.74) is 5.35. The van der Waals surface area contributed by atoms with Gasteiger partial charge in [0.25, 0.3) is 0 Å². The number of ether oxygens (including phenoxy) is 2. The number of carbonyl (C=O) groups is 2. The van der Waals surface area contributed by atoms with E-state index in [-0.39, 0.29) is 38.6 Å². The summed E-state index contributed by atoms with van der Waals surface area (Å²) < 4.78 is 32.8. The molecule has 0 aromatic heterocycles. The molecular weight excluding hydrogens is 713 g/mol. The van der Waals surface area contributed by atoms with Crippen LogP contribution in [0.4, 0.5) is 0 Å². The number of nitrogens with two attached hydrogens (primary N) is 1. The summed E-state index contributed by atoms with van der Waals surface area (Å²) in [6.45, 7) is 3.76. The molecule has 0 aromatic rings. The summed E-state index contributed by atoms with van der Waals surface area (Å²) in [6.07, 6.45) is 43.8. The molecule has 0 aliphatic heterocycles. The second-order valence-electron chi connectivity index (χ2n) is 15.6. The van der Waals surface area contributed by atoms with Crippen LogP contribution in [0.3, 0.4) is 0 Å². The first-order chi connectivity index (χ1) is 26.8. The molecule has 55 heavy (non-hydrogen) atoms. The zero-order valence-corrected chi connectivity index (χ0v) is 36.8. The maximum Gasteiger partial charge on any atom is 0.472 e. The average molecular weight is 802 g/mol. The van der Waals surface area contributed by atoms with E-state index in [9.17, 15) is 19.0 Å². The molecule has 0 bridgehead atoms. The topological polar surface area (TPSA) is 134 Å². The van der Waals surface area contributed by atoms with Gasteiger partial charge in [0, 0.05) is 19.4 Å².